The molecule has 17 heavy (non-hydrogen) atoms. The fourth-order valence-electron chi connectivity index (χ4n) is 1.35. The second kappa shape index (κ2) is 3.99. The molecule has 0 saturated carbocycles. The molecule has 0 aliphatic carbocycles. The van der Waals surface area contributed by atoms with Gasteiger partial charge in [0, 0.05) is 6.08 Å². The quantitative estimate of drug-likeness (QED) is 0.601. The van der Waals surface area contributed by atoms with Crippen LogP contribution >= 0.6 is 11.3 Å². The molecule has 0 atom stereocenters. The molecule has 0 N–H and O–H groups in total. The normalized spacial score (nSPS) is 17.3. The second-order valence-electron chi connectivity index (χ2n) is 3.23. The van der Waals surface area contributed by atoms with Gasteiger partial charge in [0.2, 0.25) is 5.90 Å². The van der Waals surface area contributed by atoms with Gasteiger partial charge in [0.1, 0.15) is 12.0 Å². The first kappa shape index (κ1) is 9.98. The van der Waals surface area contributed by atoms with Crippen LogP contribution in [0.1, 0.15) is 10.6 Å². The molecule has 84 valence electrons. The van der Waals surface area contributed by atoms with E-state index in [4.69, 9.17) is 9.15 Å². The zero-order valence-electron chi connectivity index (χ0n) is 8.49. The number of rotatable bonds is 2. The van der Waals surface area contributed by atoms with Gasteiger partial charge in [0.25, 0.3) is 0 Å². The van der Waals surface area contributed by atoms with Gasteiger partial charge in [-0.3, -0.25) is 0 Å². The van der Waals surface area contributed by atoms with Gasteiger partial charge < -0.3 is 9.15 Å². The monoisotopic (exact) mass is 246 g/mol. The largest absolute Gasteiger partial charge is 0.451 e. The van der Waals surface area contributed by atoms with Crippen LogP contribution in [0.4, 0.5) is 0 Å². The first-order valence-electron chi connectivity index (χ1n) is 4.77. The summed E-state index contributed by atoms with van der Waals surface area (Å²) in [6, 6.07) is 3.71. The van der Waals surface area contributed by atoms with Gasteiger partial charge in [-0.05, 0) is 11.4 Å². The molecule has 2 aromatic rings. The van der Waals surface area contributed by atoms with Crippen molar-refractivity contribution in [3.8, 4) is 0 Å². The van der Waals surface area contributed by atoms with Crippen LogP contribution in [0, 0.1) is 0 Å². The van der Waals surface area contributed by atoms with Crippen molar-refractivity contribution in [3.05, 3.63) is 46.4 Å². The Morgan fingerprint density at radius 2 is 2.35 bits per heavy atom. The third-order valence-electron chi connectivity index (χ3n) is 2.09. The van der Waals surface area contributed by atoms with Crippen molar-refractivity contribution in [3.63, 3.8) is 0 Å². The van der Waals surface area contributed by atoms with Gasteiger partial charge in [0.15, 0.2) is 12.1 Å². The third kappa shape index (κ3) is 1.90. The number of hydrogen-bond acceptors (Lipinski definition) is 6. The van der Waals surface area contributed by atoms with Crippen LogP contribution in [0.2, 0.25) is 0 Å². The number of oxazole rings is 1. The van der Waals surface area contributed by atoms with Crippen LogP contribution in [0.15, 0.2) is 45.3 Å². The van der Waals surface area contributed by atoms with Crippen LogP contribution in [-0.2, 0) is 9.53 Å². The van der Waals surface area contributed by atoms with Gasteiger partial charge in [-0.15, -0.1) is 11.3 Å². The summed E-state index contributed by atoms with van der Waals surface area (Å²) in [6.45, 7) is 0. The first-order chi connectivity index (χ1) is 8.33. The van der Waals surface area contributed by atoms with Crippen molar-refractivity contribution >= 4 is 29.3 Å². The minimum atomic E-state index is -0.476. The molecule has 3 rings (SSSR count). The number of aromatic nitrogens is 1. The number of nitrogens with zero attached hydrogens (tertiary/aromatic N) is 2. The lowest BCUT2D eigenvalue weighted by molar-refractivity contribution is -0.129. The van der Waals surface area contributed by atoms with Gasteiger partial charge in [-0.25, -0.2) is 14.8 Å². The number of carbonyl (C=O) groups excluding carboxylic acids is 1. The predicted molar refractivity (Wildman–Crippen MR) is 61.4 cm³/mol. The van der Waals surface area contributed by atoms with Crippen molar-refractivity contribution in [2.45, 2.75) is 0 Å². The van der Waals surface area contributed by atoms with E-state index in [1.807, 2.05) is 17.5 Å². The Labute approximate surface area is 100 Å². The first-order valence-corrected chi connectivity index (χ1v) is 5.65. The van der Waals surface area contributed by atoms with Crippen molar-refractivity contribution in [2.75, 3.05) is 0 Å². The van der Waals surface area contributed by atoms with E-state index < -0.39 is 5.97 Å². The molecule has 2 aromatic heterocycles. The molecule has 0 amide bonds. The maximum absolute atomic E-state index is 11.5. The van der Waals surface area contributed by atoms with Crippen molar-refractivity contribution in [2.24, 2.45) is 4.99 Å². The van der Waals surface area contributed by atoms with E-state index in [0.29, 0.717) is 11.6 Å². The molecule has 3 heterocycles. The molecule has 1 aliphatic rings. The molecule has 6 heteroatoms. The predicted octanol–water partition coefficient (Wildman–Crippen LogP) is 2.08. The summed E-state index contributed by atoms with van der Waals surface area (Å²) >= 11 is 1.46. The Morgan fingerprint density at radius 1 is 1.41 bits per heavy atom. The van der Waals surface area contributed by atoms with E-state index >= 15 is 0 Å². The smallest absolute Gasteiger partial charge is 0.363 e. The second-order valence-corrected chi connectivity index (χ2v) is 4.17. The number of esters is 1. The molecule has 0 bridgehead atoms. The summed E-state index contributed by atoms with van der Waals surface area (Å²) in [5.41, 5.74) is 0.760. The summed E-state index contributed by atoms with van der Waals surface area (Å²) in [5, 5.41) is 1.89. The minimum Gasteiger partial charge on any atom is -0.451 e. The zero-order valence-corrected chi connectivity index (χ0v) is 9.31. The lowest BCUT2D eigenvalue weighted by Gasteiger charge is -1.92. The van der Waals surface area contributed by atoms with E-state index in [9.17, 15) is 4.79 Å². The lowest BCUT2D eigenvalue weighted by Crippen LogP contribution is -2.03. The Kier molecular flexibility index (Phi) is 2.34. The summed E-state index contributed by atoms with van der Waals surface area (Å²) < 4.78 is 9.87. The third-order valence-corrected chi connectivity index (χ3v) is 2.95. The minimum absolute atomic E-state index is 0.224. The summed E-state index contributed by atoms with van der Waals surface area (Å²) in [6.07, 6.45) is 4.24. The zero-order chi connectivity index (χ0) is 11.7. The Morgan fingerprint density at radius 3 is 3.06 bits per heavy atom. The summed E-state index contributed by atoms with van der Waals surface area (Å²) in [7, 11) is 0. The van der Waals surface area contributed by atoms with Crippen LogP contribution in [-0.4, -0.2) is 16.9 Å². The van der Waals surface area contributed by atoms with E-state index in [0.717, 1.165) is 4.88 Å². The van der Waals surface area contributed by atoms with Gasteiger partial charge in [-0.2, -0.15) is 0 Å². The number of cyclic esters (lactones) is 1. The molecule has 0 radical (unpaired) electrons. The van der Waals surface area contributed by atoms with Gasteiger partial charge in [-0.1, -0.05) is 6.07 Å². The molecule has 5 nitrogen and oxygen atoms in total. The van der Waals surface area contributed by atoms with Crippen LogP contribution in [0.25, 0.3) is 6.08 Å². The summed E-state index contributed by atoms with van der Waals surface area (Å²) in [5.74, 6) is -0.142. The topological polar surface area (TPSA) is 64.7 Å². The molecule has 0 fully saturated rings. The molecule has 1 aliphatic heterocycles. The number of aliphatic imine (C=N–C) groups is 1. The van der Waals surface area contributed by atoms with Gasteiger partial charge >= 0.3 is 5.97 Å². The SMILES string of the molecule is O=C1OC(c2cccs2)=NC1=Cc1cocn1. The highest BCUT2D eigenvalue weighted by Gasteiger charge is 2.24. The Hall–Kier alpha value is -2.21. The van der Waals surface area contributed by atoms with E-state index in [1.165, 1.54) is 30.1 Å². The standard InChI is InChI=1S/C11H6N2O3S/c14-11-8(4-7-5-15-6-12-7)13-10(16-11)9-2-1-3-17-9/h1-6H. The van der Waals surface area contributed by atoms with Crippen LogP contribution < -0.4 is 0 Å². The highest BCUT2D eigenvalue weighted by atomic mass is 32.1. The fourth-order valence-corrected chi connectivity index (χ4v) is 2.00. The maximum atomic E-state index is 11.5. The lowest BCUT2D eigenvalue weighted by atomic mass is 10.3. The van der Waals surface area contributed by atoms with Crippen LogP contribution in [0.3, 0.4) is 0 Å². The fraction of sp³-hybridized carbons (Fsp3) is 0. The van der Waals surface area contributed by atoms with Crippen LogP contribution in [0.5, 0.6) is 0 Å². The average molecular weight is 246 g/mol. The highest BCUT2D eigenvalue weighted by Crippen LogP contribution is 2.20. The highest BCUT2D eigenvalue weighted by molar-refractivity contribution is 7.12. The number of thiophene rings is 1. The maximum Gasteiger partial charge on any atom is 0.363 e. The van der Waals surface area contributed by atoms with Gasteiger partial charge in [0.05, 0.1) is 4.88 Å². The number of hydrogen-bond donors (Lipinski definition) is 0. The van der Waals surface area contributed by atoms with Crippen molar-refractivity contribution < 1.29 is 13.9 Å². The molecule has 0 aromatic carbocycles. The molecule has 0 unspecified atom stereocenters. The van der Waals surface area contributed by atoms with E-state index in [-0.39, 0.29) is 5.70 Å². The average Bonchev–Trinajstić information content (AvgIpc) is 3.02. The molecular weight excluding hydrogens is 240 g/mol. The Bertz CT molecular complexity index is 597. The number of ether oxygens (including phenoxy) is 1. The molecular formula is C11H6N2O3S. The van der Waals surface area contributed by atoms with Crippen molar-refractivity contribution in [1.29, 1.82) is 0 Å². The summed E-state index contributed by atoms with van der Waals surface area (Å²) in [4.78, 5) is 20.4. The van der Waals surface area contributed by atoms with Crippen molar-refractivity contribution in [1.82, 2.24) is 4.98 Å². The number of carbonyl (C=O) groups is 1. The molecule has 0 saturated heterocycles. The van der Waals surface area contributed by atoms with E-state index in [2.05, 4.69) is 9.98 Å². The molecule has 0 spiro atoms. The van der Waals surface area contributed by atoms with E-state index in [1.54, 1.807) is 0 Å². The Balaban J connectivity index is 1.95.